The van der Waals surface area contributed by atoms with Gasteiger partial charge in [-0.05, 0) is 60.7 Å². The van der Waals surface area contributed by atoms with E-state index in [1.807, 2.05) is 27.7 Å². The summed E-state index contributed by atoms with van der Waals surface area (Å²) in [5, 5.41) is 59.8. The highest BCUT2D eigenvalue weighted by Gasteiger charge is 2.28. The largest absolute Gasteiger partial charge is 0.507 e. The molecule has 0 saturated heterocycles. The molecule has 216 valence electrons. The minimum absolute atomic E-state index is 0.0498. The topological polar surface area (TPSA) is 157 Å². The molecule has 4 aromatic carbocycles. The first kappa shape index (κ1) is 29.5. The van der Waals surface area contributed by atoms with Crippen molar-refractivity contribution in [2.24, 2.45) is 0 Å². The molecule has 0 aromatic heterocycles. The number of aryl methyl sites for hydroxylation is 2. The zero-order chi connectivity index (χ0) is 30.5. The zero-order valence-electron chi connectivity index (χ0n) is 24.1. The van der Waals surface area contributed by atoms with Crippen molar-refractivity contribution in [1.29, 1.82) is 0 Å². The molecule has 0 bridgehead atoms. The van der Waals surface area contributed by atoms with E-state index < -0.39 is 17.5 Å². The van der Waals surface area contributed by atoms with E-state index >= 15 is 0 Å². The number of aromatic hydroxyl groups is 5. The predicted octanol–water partition coefficient (Wildman–Crippen LogP) is 5.99. The average molecular weight is 562 g/mol. The van der Waals surface area contributed by atoms with Gasteiger partial charge in [-0.1, -0.05) is 39.8 Å². The van der Waals surface area contributed by atoms with E-state index in [0.717, 1.165) is 0 Å². The molecular weight excluding hydrogens is 526 g/mol. The van der Waals surface area contributed by atoms with E-state index in [9.17, 15) is 35.1 Å². The Labute approximate surface area is 237 Å². The number of phenolic OH excluding ortho intramolecular Hbond substituents is 5. The van der Waals surface area contributed by atoms with Crippen molar-refractivity contribution in [3.05, 3.63) is 46.0 Å². The number of rotatable bonds is 7. The second kappa shape index (κ2) is 10.8. The summed E-state index contributed by atoms with van der Waals surface area (Å²) in [7, 11) is 1.58. The highest BCUT2D eigenvalue weighted by Crippen LogP contribution is 2.53. The fourth-order valence-corrected chi connectivity index (χ4v) is 5.73. The highest BCUT2D eigenvalue weighted by molar-refractivity contribution is 6.12. The Morgan fingerprint density at radius 3 is 1.85 bits per heavy atom. The van der Waals surface area contributed by atoms with Crippen LogP contribution in [0.2, 0.25) is 0 Å². The summed E-state index contributed by atoms with van der Waals surface area (Å²) in [6.07, 6.45) is 0.372. The van der Waals surface area contributed by atoms with E-state index in [2.05, 4.69) is 5.32 Å². The Kier molecular flexibility index (Phi) is 7.78. The number of carbonyl (C=O) groups is 2. The molecule has 6 N–H and O–H groups in total. The molecule has 0 unspecified atom stereocenters. The first-order valence-corrected chi connectivity index (χ1v) is 13.3. The molecule has 4 aromatic rings. The van der Waals surface area contributed by atoms with Crippen molar-refractivity contribution in [1.82, 2.24) is 5.32 Å². The first-order chi connectivity index (χ1) is 19.3. The van der Waals surface area contributed by atoms with Gasteiger partial charge in [-0.25, -0.2) is 0 Å². The van der Waals surface area contributed by atoms with Gasteiger partial charge in [-0.2, -0.15) is 0 Å². The van der Waals surface area contributed by atoms with Crippen LogP contribution in [0.3, 0.4) is 0 Å². The number of hydrogen-bond acceptors (Lipinski definition) is 9. The van der Waals surface area contributed by atoms with Crippen LogP contribution in [-0.2, 0) is 4.79 Å². The molecule has 9 heteroatoms. The number of fused-ring (bicyclic) bond motifs is 2. The van der Waals surface area contributed by atoms with Gasteiger partial charge in [0.2, 0.25) is 0 Å². The summed E-state index contributed by atoms with van der Waals surface area (Å²) in [6.45, 7) is 10.7. The maximum atomic E-state index is 12.3. The van der Waals surface area contributed by atoms with E-state index in [-0.39, 0.29) is 68.8 Å². The molecule has 0 saturated carbocycles. The Hall–Kier alpha value is -4.50. The molecule has 0 fully saturated rings. The molecular formula is C32H35NO8. The average Bonchev–Trinajstić information content (AvgIpc) is 2.87. The number of nitrogens with one attached hydrogen (secondary N) is 1. The van der Waals surface area contributed by atoms with Crippen LogP contribution in [0.4, 0.5) is 0 Å². The second-order valence-electron chi connectivity index (χ2n) is 10.9. The lowest BCUT2D eigenvalue weighted by molar-refractivity contribution is -0.133. The number of aldehydes is 1. The van der Waals surface area contributed by atoms with Gasteiger partial charge in [-0.3, -0.25) is 9.59 Å². The Morgan fingerprint density at radius 2 is 1.32 bits per heavy atom. The summed E-state index contributed by atoms with van der Waals surface area (Å²) in [4.78, 5) is 24.3. The van der Waals surface area contributed by atoms with Crippen LogP contribution in [0.25, 0.3) is 32.7 Å². The lowest BCUT2D eigenvalue weighted by Gasteiger charge is -2.23. The van der Waals surface area contributed by atoms with Gasteiger partial charge in [0.25, 0.3) is 0 Å². The predicted molar refractivity (Wildman–Crippen MR) is 158 cm³/mol. The second-order valence-corrected chi connectivity index (χ2v) is 10.9. The van der Waals surface area contributed by atoms with Crippen LogP contribution in [0, 0.1) is 13.8 Å². The number of carbonyl (C=O) groups excluding carboxylic acids is 2. The number of phenols is 5. The fourth-order valence-electron chi connectivity index (χ4n) is 5.73. The SMILES string of the molecule is CNCC(=O)Oc1cc2c(O)c(-c3c(C)cc4c(C(C)C)c(O)c(O)c(C=O)c4c3O)c(C)cc2c(C(C)C)c1O. The standard InChI is InChI=1S/C32H35NO8/c1-13(2)23-17-8-15(5)25(28(36)18(17)10-21(30(23)38)41-22(35)11-33-7)26-16(6)9-19-24(14(3)4)32(40)29(37)20(12-34)27(19)31(26)39/h8-10,12-14,33,36-40H,11H2,1-7H3. The van der Waals surface area contributed by atoms with Crippen molar-refractivity contribution in [3.63, 3.8) is 0 Å². The Bertz CT molecular complexity index is 1740. The molecule has 41 heavy (non-hydrogen) atoms. The number of hydrogen-bond donors (Lipinski definition) is 6. The molecule has 0 aliphatic heterocycles. The smallest absolute Gasteiger partial charge is 0.325 e. The summed E-state index contributed by atoms with van der Waals surface area (Å²) < 4.78 is 5.41. The van der Waals surface area contributed by atoms with Crippen LogP contribution in [0.1, 0.15) is 72.1 Å². The van der Waals surface area contributed by atoms with Crippen LogP contribution in [-0.4, -0.2) is 51.4 Å². The van der Waals surface area contributed by atoms with Gasteiger partial charge in [0, 0.05) is 33.0 Å². The molecule has 0 amide bonds. The van der Waals surface area contributed by atoms with Gasteiger partial charge in [0.05, 0.1) is 12.1 Å². The summed E-state index contributed by atoms with van der Waals surface area (Å²) in [5.41, 5.74) is 2.17. The minimum Gasteiger partial charge on any atom is -0.507 e. The van der Waals surface area contributed by atoms with Crippen LogP contribution >= 0.6 is 0 Å². The first-order valence-electron chi connectivity index (χ1n) is 13.3. The van der Waals surface area contributed by atoms with Crippen molar-refractivity contribution in [2.75, 3.05) is 13.6 Å². The van der Waals surface area contributed by atoms with Crippen LogP contribution in [0.15, 0.2) is 18.2 Å². The molecule has 0 spiro atoms. The van der Waals surface area contributed by atoms with E-state index in [0.29, 0.717) is 39.3 Å². The third-order valence-corrected chi connectivity index (χ3v) is 7.45. The van der Waals surface area contributed by atoms with Gasteiger partial charge >= 0.3 is 5.97 Å². The van der Waals surface area contributed by atoms with E-state index in [1.54, 1.807) is 33.0 Å². The summed E-state index contributed by atoms with van der Waals surface area (Å²) >= 11 is 0. The van der Waals surface area contributed by atoms with Crippen molar-refractivity contribution in [2.45, 2.75) is 53.4 Å². The Balaban J connectivity index is 2.15. The van der Waals surface area contributed by atoms with Gasteiger partial charge in [0.15, 0.2) is 29.3 Å². The molecule has 0 radical (unpaired) electrons. The lowest BCUT2D eigenvalue weighted by Crippen LogP contribution is -2.23. The van der Waals surface area contributed by atoms with Crippen molar-refractivity contribution < 1.29 is 39.9 Å². The quantitative estimate of drug-likeness (QED) is 0.0690. The lowest BCUT2D eigenvalue weighted by atomic mass is 9.84. The Morgan fingerprint density at radius 1 is 0.780 bits per heavy atom. The number of likely N-dealkylation sites (N-methyl/N-ethyl adjacent to an activating group) is 1. The number of ether oxygens (including phenoxy) is 1. The third-order valence-electron chi connectivity index (χ3n) is 7.45. The number of benzene rings is 4. The molecule has 4 rings (SSSR count). The normalized spacial score (nSPS) is 11.6. The maximum Gasteiger partial charge on any atom is 0.325 e. The molecule has 9 nitrogen and oxygen atoms in total. The molecule has 0 atom stereocenters. The monoisotopic (exact) mass is 561 g/mol. The highest BCUT2D eigenvalue weighted by atomic mass is 16.5. The van der Waals surface area contributed by atoms with Crippen LogP contribution < -0.4 is 10.1 Å². The van der Waals surface area contributed by atoms with Gasteiger partial charge in [0.1, 0.15) is 11.5 Å². The van der Waals surface area contributed by atoms with Crippen molar-refractivity contribution in [3.8, 4) is 45.6 Å². The van der Waals surface area contributed by atoms with Crippen LogP contribution in [0.5, 0.6) is 34.5 Å². The zero-order valence-corrected chi connectivity index (χ0v) is 24.1. The summed E-state index contributed by atoms with van der Waals surface area (Å²) in [6, 6.07) is 4.86. The number of esters is 1. The van der Waals surface area contributed by atoms with Gasteiger partial charge in [-0.15, -0.1) is 0 Å². The summed E-state index contributed by atoms with van der Waals surface area (Å²) in [5.74, 6) is -3.05. The fraction of sp³-hybridized carbons (Fsp3) is 0.312. The maximum absolute atomic E-state index is 12.3. The molecule has 0 heterocycles. The minimum atomic E-state index is -0.633. The van der Waals surface area contributed by atoms with Crippen molar-refractivity contribution >= 4 is 33.8 Å². The third kappa shape index (κ3) is 4.66. The van der Waals surface area contributed by atoms with E-state index in [4.69, 9.17) is 4.74 Å². The van der Waals surface area contributed by atoms with Gasteiger partial charge < -0.3 is 35.6 Å². The molecule has 0 aliphatic carbocycles. The van der Waals surface area contributed by atoms with E-state index in [1.165, 1.54) is 6.07 Å². The molecule has 0 aliphatic rings.